The van der Waals surface area contributed by atoms with Crippen LogP contribution in [0.25, 0.3) is 0 Å². The quantitative estimate of drug-likeness (QED) is 0.848. The predicted molar refractivity (Wildman–Crippen MR) is 72.7 cm³/mol. The van der Waals surface area contributed by atoms with Crippen LogP contribution in [0.2, 0.25) is 0 Å². The number of rotatable bonds is 3. The molecule has 0 bridgehead atoms. The summed E-state index contributed by atoms with van der Waals surface area (Å²) in [5.41, 5.74) is 6.41. The Balaban J connectivity index is 2.50. The van der Waals surface area contributed by atoms with Gasteiger partial charge in [0.2, 0.25) is 0 Å². The zero-order chi connectivity index (χ0) is 13.3. The number of sulfone groups is 1. The van der Waals surface area contributed by atoms with E-state index in [9.17, 15) is 8.42 Å². The van der Waals surface area contributed by atoms with E-state index in [0.29, 0.717) is 11.8 Å². The van der Waals surface area contributed by atoms with Crippen molar-refractivity contribution < 1.29 is 8.42 Å². The van der Waals surface area contributed by atoms with Crippen molar-refractivity contribution in [3.63, 3.8) is 0 Å². The highest BCUT2D eigenvalue weighted by atomic mass is 32.2. The van der Waals surface area contributed by atoms with E-state index in [1.54, 1.807) is 0 Å². The summed E-state index contributed by atoms with van der Waals surface area (Å²) in [4.78, 5) is 0. The van der Waals surface area contributed by atoms with Crippen LogP contribution in [-0.4, -0.2) is 26.0 Å². The molecule has 0 aromatic rings. The second-order valence-corrected chi connectivity index (χ2v) is 9.14. The van der Waals surface area contributed by atoms with E-state index >= 15 is 0 Å². The predicted octanol–water partition coefficient (Wildman–Crippen LogP) is 2.35. The molecule has 0 aliphatic heterocycles. The molecule has 0 unspecified atom stereocenters. The van der Waals surface area contributed by atoms with E-state index < -0.39 is 9.84 Å². The van der Waals surface area contributed by atoms with E-state index in [4.69, 9.17) is 5.73 Å². The van der Waals surface area contributed by atoms with Gasteiger partial charge in [-0.2, -0.15) is 0 Å². The van der Waals surface area contributed by atoms with Crippen molar-refractivity contribution in [2.24, 2.45) is 17.1 Å². The van der Waals surface area contributed by atoms with Gasteiger partial charge in [0, 0.05) is 11.8 Å². The SMILES string of the molecule is CC(C)(C)C1CCC(N)(CCS(C)(=O)=O)CC1. The van der Waals surface area contributed by atoms with E-state index in [0.717, 1.165) is 31.6 Å². The Morgan fingerprint density at radius 1 is 1.24 bits per heavy atom. The van der Waals surface area contributed by atoms with Crippen molar-refractivity contribution in [1.29, 1.82) is 0 Å². The van der Waals surface area contributed by atoms with Gasteiger partial charge >= 0.3 is 0 Å². The average molecular weight is 261 g/mol. The maximum atomic E-state index is 11.2. The topological polar surface area (TPSA) is 60.2 Å². The van der Waals surface area contributed by atoms with Gasteiger partial charge in [-0.25, -0.2) is 8.42 Å². The molecule has 1 aliphatic rings. The maximum absolute atomic E-state index is 11.2. The third kappa shape index (κ3) is 4.96. The summed E-state index contributed by atoms with van der Waals surface area (Å²) in [6.07, 6.45) is 6.09. The van der Waals surface area contributed by atoms with E-state index in [1.165, 1.54) is 6.26 Å². The van der Waals surface area contributed by atoms with Crippen LogP contribution in [0.3, 0.4) is 0 Å². The monoisotopic (exact) mass is 261 g/mol. The first-order valence-corrected chi connectivity index (χ1v) is 8.55. The van der Waals surface area contributed by atoms with Crippen LogP contribution in [0.4, 0.5) is 0 Å². The summed E-state index contributed by atoms with van der Waals surface area (Å²) in [6.45, 7) is 6.83. The first kappa shape index (κ1) is 15.0. The Bertz CT molecular complexity index is 346. The Kier molecular flexibility index (Phi) is 4.30. The van der Waals surface area contributed by atoms with Crippen molar-refractivity contribution in [1.82, 2.24) is 0 Å². The molecular weight excluding hydrogens is 234 g/mol. The molecule has 0 atom stereocenters. The summed E-state index contributed by atoms with van der Waals surface area (Å²) in [6, 6.07) is 0. The Hall–Kier alpha value is -0.0900. The minimum Gasteiger partial charge on any atom is -0.325 e. The van der Waals surface area contributed by atoms with Gasteiger partial charge < -0.3 is 5.73 Å². The fourth-order valence-electron chi connectivity index (χ4n) is 2.70. The Morgan fingerprint density at radius 2 is 1.71 bits per heavy atom. The minimum atomic E-state index is -2.88. The van der Waals surface area contributed by atoms with Crippen LogP contribution < -0.4 is 5.73 Å². The lowest BCUT2D eigenvalue weighted by Crippen LogP contribution is -2.46. The molecule has 0 amide bonds. The number of nitrogens with two attached hydrogens (primary N) is 1. The molecule has 3 nitrogen and oxygen atoms in total. The van der Waals surface area contributed by atoms with Crippen molar-refractivity contribution in [2.75, 3.05) is 12.0 Å². The van der Waals surface area contributed by atoms with E-state index in [-0.39, 0.29) is 11.3 Å². The van der Waals surface area contributed by atoms with E-state index in [2.05, 4.69) is 20.8 Å². The van der Waals surface area contributed by atoms with Gasteiger partial charge in [-0.1, -0.05) is 20.8 Å². The van der Waals surface area contributed by atoms with Crippen LogP contribution >= 0.6 is 0 Å². The normalized spacial score (nSPS) is 31.5. The number of hydrogen-bond donors (Lipinski definition) is 1. The van der Waals surface area contributed by atoms with Crippen LogP contribution in [0.15, 0.2) is 0 Å². The molecule has 1 rings (SSSR count). The first-order chi connectivity index (χ1) is 7.52. The molecule has 0 heterocycles. The Labute approximate surface area is 106 Å². The zero-order valence-electron chi connectivity index (χ0n) is 11.6. The van der Waals surface area contributed by atoms with Gasteiger partial charge in [-0.05, 0) is 43.4 Å². The van der Waals surface area contributed by atoms with Gasteiger partial charge in [0.05, 0.1) is 5.75 Å². The third-order valence-electron chi connectivity index (χ3n) is 4.18. The van der Waals surface area contributed by atoms with Crippen molar-refractivity contribution in [3.05, 3.63) is 0 Å². The van der Waals surface area contributed by atoms with E-state index in [1.807, 2.05) is 0 Å². The molecule has 17 heavy (non-hydrogen) atoms. The summed E-state index contributed by atoms with van der Waals surface area (Å²) >= 11 is 0. The molecule has 0 aromatic heterocycles. The molecule has 1 saturated carbocycles. The maximum Gasteiger partial charge on any atom is 0.147 e. The molecule has 1 aliphatic carbocycles. The standard InChI is InChI=1S/C13H27NO2S/c1-12(2,3)11-5-7-13(14,8-6-11)9-10-17(4,15)16/h11H,5-10,14H2,1-4H3. The van der Waals surface area contributed by atoms with Crippen LogP contribution in [-0.2, 0) is 9.84 Å². The summed E-state index contributed by atoms with van der Waals surface area (Å²) in [5.74, 6) is 0.946. The zero-order valence-corrected chi connectivity index (χ0v) is 12.4. The third-order valence-corrected chi connectivity index (χ3v) is 5.12. The Morgan fingerprint density at radius 3 is 2.06 bits per heavy atom. The molecule has 0 spiro atoms. The molecule has 0 aromatic carbocycles. The molecule has 102 valence electrons. The highest BCUT2D eigenvalue weighted by Gasteiger charge is 2.36. The smallest absolute Gasteiger partial charge is 0.147 e. The molecule has 1 fully saturated rings. The summed E-state index contributed by atoms with van der Waals surface area (Å²) in [7, 11) is -2.88. The fourth-order valence-corrected chi connectivity index (χ4v) is 3.47. The number of hydrogen-bond acceptors (Lipinski definition) is 3. The average Bonchev–Trinajstić information content (AvgIpc) is 2.13. The van der Waals surface area contributed by atoms with Gasteiger partial charge in [-0.3, -0.25) is 0 Å². The largest absolute Gasteiger partial charge is 0.325 e. The molecule has 0 saturated heterocycles. The summed E-state index contributed by atoms with van der Waals surface area (Å²) in [5, 5.41) is 0. The second-order valence-electron chi connectivity index (χ2n) is 6.88. The molecule has 2 N–H and O–H groups in total. The molecular formula is C13H27NO2S. The summed E-state index contributed by atoms with van der Waals surface area (Å²) < 4.78 is 22.4. The van der Waals surface area contributed by atoms with Crippen molar-refractivity contribution in [3.8, 4) is 0 Å². The van der Waals surface area contributed by atoms with Gasteiger partial charge in [-0.15, -0.1) is 0 Å². The van der Waals surface area contributed by atoms with Gasteiger partial charge in [0.15, 0.2) is 0 Å². The first-order valence-electron chi connectivity index (χ1n) is 6.48. The van der Waals surface area contributed by atoms with Crippen LogP contribution in [0, 0.1) is 11.3 Å². The van der Waals surface area contributed by atoms with Crippen molar-refractivity contribution >= 4 is 9.84 Å². The lowest BCUT2D eigenvalue weighted by Gasteiger charge is -2.42. The fraction of sp³-hybridized carbons (Fsp3) is 1.00. The van der Waals surface area contributed by atoms with Crippen LogP contribution in [0.5, 0.6) is 0 Å². The highest BCUT2D eigenvalue weighted by Crippen LogP contribution is 2.41. The molecule has 0 radical (unpaired) electrons. The van der Waals surface area contributed by atoms with Gasteiger partial charge in [0.1, 0.15) is 9.84 Å². The molecule has 4 heteroatoms. The minimum absolute atomic E-state index is 0.226. The second kappa shape index (κ2) is 4.88. The lowest BCUT2D eigenvalue weighted by atomic mass is 9.67. The van der Waals surface area contributed by atoms with Crippen LogP contribution in [0.1, 0.15) is 52.9 Å². The van der Waals surface area contributed by atoms with Crippen molar-refractivity contribution in [2.45, 2.75) is 58.4 Å². The van der Waals surface area contributed by atoms with Gasteiger partial charge in [0.25, 0.3) is 0 Å². The lowest BCUT2D eigenvalue weighted by molar-refractivity contribution is 0.132. The highest BCUT2D eigenvalue weighted by molar-refractivity contribution is 7.90.